The Kier molecular flexibility index (Phi) is 2.68. The van der Waals surface area contributed by atoms with Crippen molar-refractivity contribution in [2.24, 2.45) is 0 Å². The van der Waals surface area contributed by atoms with E-state index in [2.05, 4.69) is 22.9 Å². The van der Waals surface area contributed by atoms with Crippen LogP contribution in [-0.4, -0.2) is 29.3 Å². The Hall–Kier alpha value is -1.09. The molecule has 0 spiro atoms. The fraction of sp³-hybridized carbons (Fsp3) is 0.545. The zero-order valence-electron chi connectivity index (χ0n) is 8.48. The van der Waals surface area contributed by atoms with Crippen molar-refractivity contribution in [3.63, 3.8) is 0 Å². The summed E-state index contributed by atoms with van der Waals surface area (Å²) in [4.78, 5) is 6.52. The van der Waals surface area contributed by atoms with Gasteiger partial charge in [-0.3, -0.25) is 0 Å². The molecule has 1 N–H and O–H groups in total. The van der Waals surface area contributed by atoms with Crippen molar-refractivity contribution in [1.82, 2.24) is 4.98 Å². The molecule has 14 heavy (non-hydrogen) atoms. The quantitative estimate of drug-likeness (QED) is 0.729. The van der Waals surface area contributed by atoms with Crippen LogP contribution < -0.4 is 4.90 Å². The number of aromatic nitrogens is 1. The van der Waals surface area contributed by atoms with E-state index in [4.69, 9.17) is 0 Å². The maximum atomic E-state index is 9.56. The number of hydrogen-bond donors (Lipinski definition) is 1. The van der Waals surface area contributed by atoms with E-state index in [0.717, 1.165) is 31.7 Å². The first kappa shape index (κ1) is 9.46. The van der Waals surface area contributed by atoms with Gasteiger partial charge in [0.25, 0.3) is 0 Å². The standard InChI is InChI=1S/C11H16N2O/c1-9-4-2-6-12-11(9)13-7-3-5-10(14)8-13/h2,4,6,10,14H,3,5,7-8H2,1H3. The predicted molar refractivity (Wildman–Crippen MR) is 56.4 cm³/mol. The molecular weight excluding hydrogens is 176 g/mol. The highest BCUT2D eigenvalue weighted by atomic mass is 16.3. The summed E-state index contributed by atoms with van der Waals surface area (Å²) in [6.07, 6.45) is 3.59. The molecule has 1 unspecified atom stereocenters. The number of pyridine rings is 1. The van der Waals surface area contributed by atoms with E-state index in [1.54, 1.807) is 0 Å². The summed E-state index contributed by atoms with van der Waals surface area (Å²) in [6.45, 7) is 3.79. The van der Waals surface area contributed by atoms with Gasteiger partial charge in [-0.25, -0.2) is 4.98 Å². The van der Waals surface area contributed by atoms with Gasteiger partial charge in [0.2, 0.25) is 0 Å². The molecule has 3 nitrogen and oxygen atoms in total. The lowest BCUT2D eigenvalue weighted by molar-refractivity contribution is 0.154. The van der Waals surface area contributed by atoms with Gasteiger partial charge in [0.05, 0.1) is 6.10 Å². The van der Waals surface area contributed by atoms with E-state index in [1.165, 1.54) is 5.56 Å². The largest absolute Gasteiger partial charge is 0.391 e. The molecule has 0 aromatic carbocycles. The van der Waals surface area contributed by atoms with Gasteiger partial charge in [-0.1, -0.05) is 6.07 Å². The lowest BCUT2D eigenvalue weighted by atomic mass is 10.1. The first-order valence-corrected chi connectivity index (χ1v) is 5.12. The average Bonchev–Trinajstić information content (AvgIpc) is 2.18. The molecule has 1 aliphatic heterocycles. The summed E-state index contributed by atoms with van der Waals surface area (Å²) < 4.78 is 0. The molecule has 1 fully saturated rings. The molecule has 1 saturated heterocycles. The number of anilines is 1. The number of aryl methyl sites for hydroxylation is 1. The van der Waals surface area contributed by atoms with Crippen molar-refractivity contribution >= 4 is 5.82 Å². The average molecular weight is 192 g/mol. The Labute approximate surface area is 84.4 Å². The monoisotopic (exact) mass is 192 g/mol. The van der Waals surface area contributed by atoms with Gasteiger partial charge in [-0.2, -0.15) is 0 Å². The molecule has 0 amide bonds. The van der Waals surface area contributed by atoms with Crippen LogP contribution in [0.2, 0.25) is 0 Å². The maximum absolute atomic E-state index is 9.56. The summed E-state index contributed by atoms with van der Waals surface area (Å²) in [5.41, 5.74) is 1.18. The minimum Gasteiger partial charge on any atom is -0.391 e. The van der Waals surface area contributed by atoms with Crippen LogP contribution in [0.5, 0.6) is 0 Å². The SMILES string of the molecule is Cc1cccnc1N1CCCC(O)C1. The smallest absolute Gasteiger partial charge is 0.131 e. The van der Waals surface area contributed by atoms with Gasteiger partial charge in [-0.05, 0) is 31.4 Å². The predicted octanol–water partition coefficient (Wildman–Crippen LogP) is 1.35. The summed E-state index contributed by atoms with van der Waals surface area (Å²) in [7, 11) is 0. The van der Waals surface area contributed by atoms with E-state index in [1.807, 2.05) is 12.3 Å². The molecule has 2 rings (SSSR count). The topological polar surface area (TPSA) is 36.4 Å². The molecule has 3 heteroatoms. The first-order chi connectivity index (χ1) is 6.77. The zero-order chi connectivity index (χ0) is 9.97. The number of piperidine rings is 1. The summed E-state index contributed by atoms with van der Waals surface area (Å²) in [5.74, 6) is 1.02. The molecule has 1 atom stereocenters. The highest BCUT2D eigenvalue weighted by Crippen LogP contribution is 2.20. The minimum absolute atomic E-state index is 0.190. The Morgan fingerprint density at radius 2 is 2.43 bits per heavy atom. The second-order valence-electron chi connectivity index (χ2n) is 3.89. The van der Waals surface area contributed by atoms with Gasteiger partial charge < -0.3 is 10.0 Å². The lowest BCUT2D eigenvalue weighted by Gasteiger charge is -2.31. The van der Waals surface area contributed by atoms with Crippen molar-refractivity contribution in [2.45, 2.75) is 25.9 Å². The first-order valence-electron chi connectivity index (χ1n) is 5.12. The van der Waals surface area contributed by atoms with Crippen LogP contribution >= 0.6 is 0 Å². The highest BCUT2D eigenvalue weighted by molar-refractivity contribution is 5.46. The second kappa shape index (κ2) is 3.96. The van der Waals surface area contributed by atoms with E-state index in [-0.39, 0.29) is 6.10 Å². The van der Waals surface area contributed by atoms with Crippen LogP contribution in [0.3, 0.4) is 0 Å². The number of hydrogen-bond acceptors (Lipinski definition) is 3. The number of aliphatic hydroxyl groups excluding tert-OH is 1. The third-order valence-electron chi connectivity index (χ3n) is 2.68. The third kappa shape index (κ3) is 1.87. The van der Waals surface area contributed by atoms with E-state index < -0.39 is 0 Å². The Morgan fingerprint density at radius 1 is 1.57 bits per heavy atom. The number of rotatable bonds is 1. The Bertz CT molecular complexity index is 314. The molecule has 0 aliphatic carbocycles. The van der Waals surface area contributed by atoms with Crippen molar-refractivity contribution in [1.29, 1.82) is 0 Å². The second-order valence-corrected chi connectivity index (χ2v) is 3.89. The van der Waals surface area contributed by atoms with E-state index in [9.17, 15) is 5.11 Å². The van der Waals surface area contributed by atoms with Crippen LogP contribution in [-0.2, 0) is 0 Å². The molecule has 1 aliphatic rings. The van der Waals surface area contributed by atoms with Gasteiger partial charge in [0.15, 0.2) is 0 Å². The van der Waals surface area contributed by atoms with Crippen molar-refractivity contribution < 1.29 is 5.11 Å². The molecule has 0 bridgehead atoms. The van der Waals surface area contributed by atoms with E-state index >= 15 is 0 Å². The van der Waals surface area contributed by atoms with Gasteiger partial charge >= 0.3 is 0 Å². The van der Waals surface area contributed by atoms with Gasteiger partial charge in [-0.15, -0.1) is 0 Å². The Morgan fingerprint density at radius 3 is 3.14 bits per heavy atom. The van der Waals surface area contributed by atoms with Crippen molar-refractivity contribution in [3.8, 4) is 0 Å². The van der Waals surface area contributed by atoms with Crippen LogP contribution in [0.1, 0.15) is 18.4 Å². The van der Waals surface area contributed by atoms with Gasteiger partial charge in [0, 0.05) is 19.3 Å². The molecular formula is C11H16N2O. The van der Waals surface area contributed by atoms with Crippen molar-refractivity contribution in [2.75, 3.05) is 18.0 Å². The zero-order valence-corrected chi connectivity index (χ0v) is 8.48. The molecule has 0 saturated carbocycles. The maximum Gasteiger partial charge on any atom is 0.131 e. The fourth-order valence-electron chi connectivity index (χ4n) is 1.96. The van der Waals surface area contributed by atoms with Crippen LogP contribution in [0.4, 0.5) is 5.82 Å². The Balaban J connectivity index is 2.18. The van der Waals surface area contributed by atoms with Gasteiger partial charge in [0.1, 0.15) is 5.82 Å². The van der Waals surface area contributed by atoms with Crippen LogP contribution in [0.15, 0.2) is 18.3 Å². The van der Waals surface area contributed by atoms with Crippen LogP contribution in [0.25, 0.3) is 0 Å². The molecule has 1 aromatic heterocycles. The lowest BCUT2D eigenvalue weighted by Crippen LogP contribution is -2.39. The minimum atomic E-state index is -0.190. The number of β-amino-alcohol motifs (C(OH)–C–C–N with tert-alkyl or cyclic N) is 1. The highest BCUT2D eigenvalue weighted by Gasteiger charge is 2.19. The molecule has 1 aromatic rings. The number of aliphatic hydroxyl groups is 1. The normalized spacial score (nSPS) is 22.4. The van der Waals surface area contributed by atoms with E-state index in [0.29, 0.717) is 0 Å². The summed E-state index contributed by atoms with van der Waals surface area (Å²) in [5, 5.41) is 9.56. The van der Waals surface area contributed by atoms with Crippen LogP contribution in [0, 0.1) is 6.92 Å². The molecule has 0 radical (unpaired) electrons. The fourth-order valence-corrected chi connectivity index (χ4v) is 1.96. The number of nitrogens with zero attached hydrogens (tertiary/aromatic N) is 2. The summed E-state index contributed by atoms with van der Waals surface area (Å²) >= 11 is 0. The molecule has 76 valence electrons. The molecule has 2 heterocycles. The third-order valence-corrected chi connectivity index (χ3v) is 2.68. The summed E-state index contributed by atoms with van der Waals surface area (Å²) in [6, 6.07) is 4.00. The van der Waals surface area contributed by atoms with Crippen molar-refractivity contribution in [3.05, 3.63) is 23.9 Å².